The van der Waals surface area contributed by atoms with Gasteiger partial charge in [0.2, 0.25) is 5.88 Å². The molecular formula is C8H8N2OS. The van der Waals surface area contributed by atoms with Crippen molar-refractivity contribution in [2.45, 2.75) is 6.92 Å². The molecule has 2 rings (SSSR count). The van der Waals surface area contributed by atoms with E-state index in [4.69, 9.17) is 4.74 Å². The molecule has 0 amide bonds. The molecule has 0 aromatic carbocycles. The van der Waals surface area contributed by atoms with E-state index in [0.717, 1.165) is 15.4 Å². The van der Waals surface area contributed by atoms with Crippen LogP contribution >= 0.6 is 11.3 Å². The van der Waals surface area contributed by atoms with E-state index < -0.39 is 0 Å². The zero-order valence-electron chi connectivity index (χ0n) is 6.87. The minimum absolute atomic E-state index is 0.645. The Morgan fingerprint density at radius 3 is 2.92 bits per heavy atom. The van der Waals surface area contributed by atoms with Crippen LogP contribution in [0.15, 0.2) is 12.1 Å². The summed E-state index contributed by atoms with van der Waals surface area (Å²) in [7, 11) is 1.61. The first kappa shape index (κ1) is 7.49. The van der Waals surface area contributed by atoms with E-state index in [1.54, 1.807) is 18.4 Å². The van der Waals surface area contributed by atoms with E-state index in [9.17, 15) is 0 Å². The summed E-state index contributed by atoms with van der Waals surface area (Å²) in [5, 5.41) is 1.03. The van der Waals surface area contributed by atoms with Gasteiger partial charge in [-0.3, -0.25) is 0 Å². The lowest BCUT2D eigenvalue weighted by atomic mass is 10.4. The first-order valence-corrected chi connectivity index (χ1v) is 4.39. The van der Waals surface area contributed by atoms with Gasteiger partial charge in [-0.15, -0.1) is 0 Å². The van der Waals surface area contributed by atoms with Gasteiger partial charge in [-0.2, -0.15) is 0 Å². The Morgan fingerprint density at radius 1 is 1.33 bits per heavy atom. The fraction of sp³-hybridized carbons (Fsp3) is 0.250. The molecule has 0 atom stereocenters. The van der Waals surface area contributed by atoms with Crippen LogP contribution in [0.4, 0.5) is 0 Å². The van der Waals surface area contributed by atoms with Gasteiger partial charge in [0.15, 0.2) is 0 Å². The number of ether oxygens (including phenoxy) is 1. The molecule has 0 N–H and O–H groups in total. The third kappa shape index (κ3) is 1.14. The lowest BCUT2D eigenvalue weighted by molar-refractivity contribution is 0.400. The molecule has 0 radical (unpaired) electrons. The molecule has 2 heterocycles. The summed E-state index contributed by atoms with van der Waals surface area (Å²) in [5.74, 6) is 0.645. The second-order valence-corrected chi connectivity index (χ2v) is 3.59. The highest BCUT2D eigenvalue weighted by atomic mass is 32.1. The molecule has 0 unspecified atom stereocenters. The Morgan fingerprint density at radius 2 is 2.17 bits per heavy atom. The Bertz CT molecular complexity index is 410. The van der Waals surface area contributed by atoms with Gasteiger partial charge in [0.05, 0.1) is 12.1 Å². The largest absolute Gasteiger partial charge is 0.481 e. The van der Waals surface area contributed by atoms with Gasteiger partial charge >= 0.3 is 0 Å². The van der Waals surface area contributed by atoms with Crippen molar-refractivity contribution in [2.75, 3.05) is 7.11 Å². The molecule has 0 fully saturated rings. The predicted molar refractivity (Wildman–Crippen MR) is 48.7 cm³/mol. The van der Waals surface area contributed by atoms with Crippen molar-refractivity contribution >= 4 is 21.7 Å². The zero-order chi connectivity index (χ0) is 8.55. The molecule has 4 heteroatoms. The molecule has 0 spiro atoms. The quantitative estimate of drug-likeness (QED) is 0.673. The molecule has 0 bridgehead atoms. The fourth-order valence-corrected chi connectivity index (χ4v) is 1.80. The van der Waals surface area contributed by atoms with Crippen molar-refractivity contribution < 1.29 is 4.74 Å². The number of aromatic nitrogens is 2. The maximum atomic E-state index is 5.00. The van der Waals surface area contributed by atoms with Crippen LogP contribution in [0.1, 0.15) is 5.01 Å². The summed E-state index contributed by atoms with van der Waals surface area (Å²) in [6, 6.07) is 3.74. The van der Waals surface area contributed by atoms with Gasteiger partial charge in [-0.05, 0) is 13.0 Å². The van der Waals surface area contributed by atoms with Gasteiger partial charge in [0.1, 0.15) is 10.3 Å². The van der Waals surface area contributed by atoms with Gasteiger partial charge in [0.25, 0.3) is 0 Å². The second kappa shape index (κ2) is 2.71. The average molecular weight is 180 g/mol. The van der Waals surface area contributed by atoms with Crippen molar-refractivity contribution in [3.05, 3.63) is 17.1 Å². The highest BCUT2D eigenvalue weighted by molar-refractivity contribution is 7.18. The number of pyridine rings is 1. The standard InChI is InChI=1S/C8H8N2OS/c1-5-9-6-3-4-7(11-2)10-8(6)12-5/h3-4H,1-2H3. The number of thiazole rings is 1. The third-order valence-electron chi connectivity index (χ3n) is 1.55. The van der Waals surface area contributed by atoms with Gasteiger partial charge in [-0.1, -0.05) is 11.3 Å². The van der Waals surface area contributed by atoms with Crippen LogP contribution in [0.5, 0.6) is 5.88 Å². The first-order chi connectivity index (χ1) is 5.79. The number of hydrogen-bond acceptors (Lipinski definition) is 4. The van der Waals surface area contributed by atoms with E-state index in [1.807, 2.05) is 19.1 Å². The molecule has 12 heavy (non-hydrogen) atoms. The van der Waals surface area contributed by atoms with E-state index in [-0.39, 0.29) is 0 Å². The van der Waals surface area contributed by atoms with Gasteiger partial charge in [-0.25, -0.2) is 9.97 Å². The molecule has 2 aromatic heterocycles. The summed E-state index contributed by atoms with van der Waals surface area (Å²) in [5.41, 5.74) is 0.943. The molecule has 3 nitrogen and oxygen atoms in total. The SMILES string of the molecule is COc1ccc2nc(C)sc2n1. The van der Waals surface area contributed by atoms with Crippen LogP contribution in [0.25, 0.3) is 10.3 Å². The molecule has 2 aromatic rings. The fourth-order valence-electron chi connectivity index (χ4n) is 1.02. The van der Waals surface area contributed by atoms with Crippen LogP contribution < -0.4 is 4.74 Å². The molecule has 0 saturated heterocycles. The van der Waals surface area contributed by atoms with Crippen LogP contribution in [-0.4, -0.2) is 17.1 Å². The minimum Gasteiger partial charge on any atom is -0.481 e. The van der Waals surface area contributed by atoms with Crippen LogP contribution in [0.3, 0.4) is 0 Å². The van der Waals surface area contributed by atoms with Gasteiger partial charge in [0, 0.05) is 6.07 Å². The first-order valence-electron chi connectivity index (χ1n) is 3.58. The summed E-state index contributed by atoms with van der Waals surface area (Å²) in [4.78, 5) is 9.47. The number of fused-ring (bicyclic) bond motifs is 1. The van der Waals surface area contributed by atoms with Gasteiger partial charge < -0.3 is 4.74 Å². The lowest BCUT2D eigenvalue weighted by Gasteiger charge is -1.95. The van der Waals surface area contributed by atoms with Crippen molar-refractivity contribution in [3.63, 3.8) is 0 Å². The Labute approximate surface area is 74.0 Å². The number of aryl methyl sites for hydroxylation is 1. The molecule has 0 aliphatic heterocycles. The highest BCUT2D eigenvalue weighted by Gasteiger charge is 2.02. The summed E-state index contributed by atoms with van der Waals surface area (Å²) in [6.07, 6.45) is 0. The van der Waals surface area contributed by atoms with Crippen molar-refractivity contribution in [3.8, 4) is 5.88 Å². The Hall–Kier alpha value is -1.16. The minimum atomic E-state index is 0.645. The second-order valence-electron chi connectivity index (χ2n) is 2.41. The molecule has 0 aliphatic carbocycles. The number of hydrogen-bond donors (Lipinski definition) is 0. The van der Waals surface area contributed by atoms with E-state index in [0.29, 0.717) is 5.88 Å². The van der Waals surface area contributed by atoms with Crippen molar-refractivity contribution in [1.82, 2.24) is 9.97 Å². The zero-order valence-corrected chi connectivity index (χ0v) is 7.68. The summed E-state index contributed by atoms with van der Waals surface area (Å²) < 4.78 is 5.00. The normalized spacial score (nSPS) is 10.5. The molecule has 62 valence electrons. The lowest BCUT2D eigenvalue weighted by Crippen LogP contribution is -1.85. The molecule has 0 saturated carbocycles. The molecular weight excluding hydrogens is 172 g/mol. The number of nitrogens with zero attached hydrogens (tertiary/aromatic N) is 2. The smallest absolute Gasteiger partial charge is 0.214 e. The highest BCUT2D eigenvalue weighted by Crippen LogP contribution is 2.21. The average Bonchev–Trinajstić information content (AvgIpc) is 2.43. The molecule has 0 aliphatic rings. The van der Waals surface area contributed by atoms with Crippen LogP contribution in [0.2, 0.25) is 0 Å². The maximum absolute atomic E-state index is 5.00. The maximum Gasteiger partial charge on any atom is 0.214 e. The van der Waals surface area contributed by atoms with Crippen LogP contribution in [-0.2, 0) is 0 Å². The van der Waals surface area contributed by atoms with E-state index in [2.05, 4.69) is 9.97 Å². The third-order valence-corrected chi connectivity index (χ3v) is 2.43. The van der Waals surface area contributed by atoms with Crippen LogP contribution in [0, 0.1) is 6.92 Å². The summed E-state index contributed by atoms with van der Waals surface area (Å²) >= 11 is 1.58. The predicted octanol–water partition coefficient (Wildman–Crippen LogP) is 2.01. The van der Waals surface area contributed by atoms with Crippen molar-refractivity contribution in [2.24, 2.45) is 0 Å². The number of methoxy groups -OCH3 is 1. The summed E-state index contributed by atoms with van der Waals surface area (Å²) in [6.45, 7) is 1.97. The van der Waals surface area contributed by atoms with E-state index in [1.165, 1.54) is 0 Å². The Kier molecular flexibility index (Phi) is 1.69. The topological polar surface area (TPSA) is 35.0 Å². The van der Waals surface area contributed by atoms with Crippen molar-refractivity contribution in [1.29, 1.82) is 0 Å². The monoisotopic (exact) mass is 180 g/mol. The Balaban J connectivity index is 2.66. The number of rotatable bonds is 1. The van der Waals surface area contributed by atoms with E-state index >= 15 is 0 Å².